The predicted molar refractivity (Wildman–Crippen MR) is 111 cm³/mol. The second-order valence-electron chi connectivity index (χ2n) is 5.74. The van der Waals surface area contributed by atoms with E-state index in [4.69, 9.17) is 0 Å². The van der Waals surface area contributed by atoms with Gasteiger partial charge in [-0.2, -0.15) is 0 Å². The Morgan fingerprint density at radius 3 is 1.41 bits per heavy atom. The maximum atomic E-state index is 2.42. The SMILES string of the molecule is C.C.C.C.C.C.Cc1cc(C2CCC(C)CC2)cc(C)c1C. The second-order valence-corrected chi connectivity index (χ2v) is 5.74. The van der Waals surface area contributed by atoms with E-state index in [1.165, 1.54) is 42.4 Å². The highest BCUT2D eigenvalue weighted by atomic mass is 14.2. The van der Waals surface area contributed by atoms with Crippen LogP contribution in [0.1, 0.15) is 105 Å². The zero-order valence-electron chi connectivity index (χ0n) is 11.1. The molecule has 0 atom stereocenters. The largest absolute Gasteiger partial charge is 0.0776 e. The van der Waals surface area contributed by atoms with E-state index in [1.807, 2.05) is 0 Å². The molecule has 136 valence electrons. The zero-order valence-corrected chi connectivity index (χ0v) is 11.1. The molecule has 0 nitrogen and oxygen atoms in total. The van der Waals surface area contributed by atoms with Crippen molar-refractivity contribution in [1.82, 2.24) is 0 Å². The van der Waals surface area contributed by atoms with Gasteiger partial charge in [-0.1, -0.05) is 76.5 Å². The standard InChI is InChI=1S/C16H24.6CH4/c1-11-5-7-15(8-6-11)16-9-12(2)14(4)13(3)10-16;;;;;;/h9-11,15H,5-8H2,1-4H3;6*1H4. The minimum atomic E-state index is 0. The maximum absolute atomic E-state index is 2.42. The van der Waals surface area contributed by atoms with Crippen LogP contribution in [0.3, 0.4) is 0 Å². The highest BCUT2D eigenvalue weighted by molar-refractivity contribution is 5.38. The molecule has 0 amide bonds. The lowest BCUT2D eigenvalue weighted by Gasteiger charge is -2.27. The molecule has 2 rings (SSSR count). The third-order valence-electron chi connectivity index (χ3n) is 4.44. The van der Waals surface area contributed by atoms with Gasteiger partial charge in [0.2, 0.25) is 0 Å². The first-order valence-electron chi connectivity index (χ1n) is 6.65. The summed E-state index contributed by atoms with van der Waals surface area (Å²) in [5.74, 6) is 1.78. The summed E-state index contributed by atoms with van der Waals surface area (Å²) in [7, 11) is 0. The Kier molecular flexibility index (Phi) is 20.8. The summed E-state index contributed by atoms with van der Waals surface area (Å²) in [6.07, 6.45) is 5.61. The number of hydrogen-bond acceptors (Lipinski definition) is 0. The number of rotatable bonds is 1. The van der Waals surface area contributed by atoms with Crippen molar-refractivity contribution in [3.8, 4) is 0 Å². The van der Waals surface area contributed by atoms with Gasteiger partial charge in [0, 0.05) is 0 Å². The van der Waals surface area contributed by atoms with E-state index in [0.29, 0.717) is 0 Å². The summed E-state index contributed by atoms with van der Waals surface area (Å²) in [5.41, 5.74) is 5.99. The molecule has 1 aromatic rings. The highest BCUT2D eigenvalue weighted by Crippen LogP contribution is 2.36. The van der Waals surface area contributed by atoms with Crippen molar-refractivity contribution < 1.29 is 0 Å². The van der Waals surface area contributed by atoms with Gasteiger partial charge in [0.25, 0.3) is 0 Å². The van der Waals surface area contributed by atoms with Crippen molar-refractivity contribution in [3.63, 3.8) is 0 Å². The molecule has 0 saturated heterocycles. The minimum Gasteiger partial charge on any atom is -0.0776 e. The molecule has 0 spiro atoms. The summed E-state index contributed by atoms with van der Waals surface area (Å²) in [4.78, 5) is 0. The molecular weight excluding hydrogens is 264 g/mol. The molecular formula is C22H48. The topological polar surface area (TPSA) is 0 Å². The average Bonchev–Trinajstić information content (AvgIpc) is 2.26. The summed E-state index contributed by atoms with van der Waals surface area (Å²) in [5, 5.41) is 0. The summed E-state index contributed by atoms with van der Waals surface area (Å²) < 4.78 is 0. The van der Waals surface area contributed by atoms with Crippen LogP contribution in [-0.4, -0.2) is 0 Å². The first kappa shape index (κ1) is 33.0. The van der Waals surface area contributed by atoms with Crippen molar-refractivity contribution in [3.05, 3.63) is 34.4 Å². The van der Waals surface area contributed by atoms with Crippen LogP contribution in [0.5, 0.6) is 0 Å². The molecule has 0 heteroatoms. The lowest BCUT2D eigenvalue weighted by atomic mass is 9.78. The lowest BCUT2D eigenvalue weighted by Crippen LogP contribution is -2.11. The highest BCUT2D eigenvalue weighted by Gasteiger charge is 2.20. The molecule has 0 N–H and O–H groups in total. The fourth-order valence-corrected chi connectivity index (χ4v) is 2.90. The molecule has 0 aliphatic heterocycles. The molecule has 1 aliphatic rings. The Bertz CT molecular complexity index is 345. The second kappa shape index (κ2) is 13.9. The summed E-state index contributed by atoms with van der Waals surface area (Å²) >= 11 is 0. The van der Waals surface area contributed by atoms with Gasteiger partial charge in [-0.15, -0.1) is 0 Å². The van der Waals surface area contributed by atoms with Crippen LogP contribution in [0.25, 0.3) is 0 Å². The molecule has 22 heavy (non-hydrogen) atoms. The molecule has 0 bridgehead atoms. The van der Waals surface area contributed by atoms with Crippen LogP contribution < -0.4 is 0 Å². The Labute approximate surface area is 144 Å². The molecule has 0 unspecified atom stereocenters. The normalized spacial score (nSPS) is 18.7. The van der Waals surface area contributed by atoms with Crippen molar-refractivity contribution >= 4 is 0 Å². The lowest BCUT2D eigenvalue weighted by molar-refractivity contribution is 0.348. The van der Waals surface area contributed by atoms with Crippen LogP contribution in [0, 0.1) is 26.7 Å². The Morgan fingerprint density at radius 2 is 1.05 bits per heavy atom. The Hall–Kier alpha value is -0.780. The van der Waals surface area contributed by atoms with Gasteiger partial charge in [-0.3, -0.25) is 0 Å². The molecule has 0 radical (unpaired) electrons. The summed E-state index contributed by atoms with van der Waals surface area (Å²) in [6.45, 7) is 9.12. The quantitative estimate of drug-likeness (QED) is 0.486. The van der Waals surface area contributed by atoms with E-state index in [9.17, 15) is 0 Å². The number of aryl methyl sites for hydroxylation is 2. The first-order valence-corrected chi connectivity index (χ1v) is 6.65. The van der Waals surface area contributed by atoms with E-state index in [-0.39, 0.29) is 44.6 Å². The maximum Gasteiger partial charge on any atom is -0.0162 e. The van der Waals surface area contributed by atoms with Gasteiger partial charge in [0.15, 0.2) is 0 Å². The van der Waals surface area contributed by atoms with E-state index in [1.54, 1.807) is 5.56 Å². The fourth-order valence-electron chi connectivity index (χ4n) is 2.90. The average molecular weight is 313 g/mol. The van der Waals surface area contributed by atoms with Crippen LogP contribution in [-0.2, 0) is 0 Å². The van der Waals surface area contributed by atoms with E-state index >= 15 is 0 Å². The van der Waals surface area contributed by atoms with Gasteiger partial charge in [-0.25, -0.2) is 0 Å². The van der Waals surface area contributed by atoms with Gasteiger partial charge in [0.1, 0.15) is 0 Å². The van der Waals surface area contributed by atoms with Gasteiger partial charge in [-0.05, 0) is 67.7 Å². The van der Waals surface area contributed by atoms with Crippen LogP contribution in [0.2, 0.25) is 0 Å². The third-order valence-corrected chi connectivity index (χ3v) is 4.44. The van der Waals surface area contributed by atoms with Crippen LogP contribution in [0.15, 0.2) is 12.1 Å². The molecule has 1 aromatic carbocycles. The van der Waals surface area contributed by atoms with Gasteiger partial charge >= 0.3 is 0 Å². The number of hydrogen-bond donors (Lipinski definition) is 0. The van der Waals surface area contributed by atoms with E-state index in [2.05, 4.69) is 39.8 Å². The molecule has 1 saturated carbocycles. The van der Waals surface area contributed by atoms with Crippen LogP contribution in [0.4, 0.5) is 0 Å². The smallest absolute Gasteiger partial charge is 0.0162 e. The Morgan fingerprint density at radius 1 is 0.682 bits per heavy atom. The van der Waals surface area contributed by atoms with Crippen LogP contribution >= 0.6 is 0 Å². The van der Waals surface area contributed by atoms with Crippen molar-refractivity contribution in [2.45, 2.75) is 104 Å². The first-order chi connectivity index (χ1) is 7.58. The predicted octanol–water partition coefficient (Wildman–Crippen LogP) is 8.72. The van der Waals surface area contributed by atoms with E-state index < -0.39 is 0 Å². The molecule has 0 aromatic heterocycles. The molecule has 0 heterocycles. The molecule has 1 fully saturated rings. The fraction of sp³-hybridized carbons (Fsp3) is 0.727. The van der Waals surface area contributed by atoms with Gasteiger partial charge < -0.3 is 0 Å². The minimum absolute atomic E-state index is 0. The Balaban J connectivity index is -0.000000161. The summed E-state index contributed by atoms with van der Waals surface area (Å²) in [6, 6.07) is 4.84. The van der Waals surface area contributed by atoms with Gasteiger partial charge in [0.05, 0.1) is 0 Å². The van der Waals surface area contributed by atoms with Crippen molar-refractivity contribution in [1.29, 1.82) is 0 Å². The van der Waals surface area contributed by atoms with E-state index in [0.717, 1.165) is 11.8 Å². The monoisotopic (exact) mass is 312 g/mol. The third kappa shape index (κ3) is 7.47. The molecule has 1 aliphatic carbocycles. The zero-order chi connectivity index (χ0) is 11.7. The number of benzene rings is 1. The van der Waals surface area contributed by atoms with Crippen molar-refractivity contribution in [2.24, 2.45) is 5.92 Å². The van der Waals surface area contributed by atoms with Crippen molar-refractivity contribution in [2.75, 3.05) is 0 Å².